The van der Waals surface area contributed by atoms with Crippen LogP contribution in [0.4, 0.5) is 0 Å². The summed E-state index contributed by atoms with van der Waals surface area (Å²) < 4.78 is 2.27. The molecule has 3 rings (SSSR count). The third-order valence-electron chi connectivity index (χ3n) is 2.91. The normalized spacial score (nSPS) is 11.4. The molecule has 0 saturated carbocycles. The maximum Gasteiger partial charge on any atom is 0.289 e. The van der Waals surface area contributed by atoms with Crippen molar-refractivity contribution in [2.75, 3.05) is 0 Å². The van der Waals surface area contributed by atoms with Gasteiger partial charge in [-0.05, 0) is 48.3 Å². The van der Waals surface area contributed by atoms with Gasteiger partial charge in [0.05, 0.1) is 16.3 Å². The minimum atomic E-state index is -0.120. The number of hydrogen-bond donors (Lipinski definition) is 1. The van der Waals surface area contributed by atoms with Gasteiger partial charge in [-0.1, -0.05) is 23.8 Å². The van der Waals surface area contributed by atoms with Crippen LogP contribution >= 0.6 is 11.5 Å². The molecule has 0 aliphatic carbocycles. The molecule has 0 aliphatic rings. The summed E-state index contributed by atoms with van der Waals surface area (Å²) in [5.41, 5.74) is 1.67. The number of hydrogen-bond acceptors (Lipinski definition) is 4. The molecule has 3 aromatic rings. The number of phenolic OH excluding ortho intramolecular Hbond substituents is 1. The van der Waals surface area contributed by atoms with Crippen LogP contribution in [0.5, 0.6) is 5.75 Å². The number of fused-ring (bicyclic) bond motifs is 1. The van der Waals surface area contributed by atoms with Crippen molar-refractivity contribution in [3.05, 3.63) is 63.9 Å². The van der Waals surface area contributed by atoms with Gasteiger partial charge >= 0.3 is 0 Å². The van der Waals surface area contributed by atoms with Crippen molar-refractivity contribution >= 4 is 27.8 Å². The lowest BCUT2D eigenvalue weighted by Gasteiger charge is -1.93. The highest BCUT2D eigenvalue weighted by Gasteiger charge is 2.06. The lowest BCUT2D eigenvalue weighted by Crippen LogP contribution is -2.08. The van der Waals surface area contributed by atoms with E-state index >= 15 is 0 Å². The highest BCUT2D eigenvalue weighted by atomic mass is 32.1. The van der Waals surface area contributed by atoms with Crippen LogP contribution in [-0.4, -0.2) is 15.4 Å². The second kappa shape index (κ2) is 4.94. The van der Waals surface area contributed by atoms with E-state index in [1.807, 2.05) is 31.2 Å². The zero-order valence-electron chi connectivity index (χ0n) is 10.8. The summed E-state index contributed by atoms with van der Waals surface area (Å²) in [5.74, 6) is 0.174. The van der Waals surface area contributed by atoms with Gasteiger partial charge in [0.15, 0.2) is 0 Å². The van der Waals surface area contributed by atoms with Crippen molar-refractivity contribution in [2.45, 2.75) is 6.92 Å². The SMILES string of the molecule is Cc1ccc2sn(/N=C/c3cccc(O)c3)c(=O)c2c1. The molecule has 1 aromatic heterocycles. The average Bonchev–Trinajstić information content (AvgIpc) is 2.73. The number of aryl methyl sites for hydroxylation is 1. The number of benzene rings is 2. The van der Waals surface area contributed by atoms with Crippen molar-refractivity contribution in [2.24, 2.45) is 5.10 Å². The van der Waals surface area contributed by atoms with E-state index in [0.717, 1.165) is 15.8 Å². The van der Waals surface area contributed by atoms with Gasteiger partial charge in [0.1, 0.15) is 5.75 Å². The van der Waals surface area contributed by atoms with Crippen LogP contribution < -0.4 is 5.56 Å². The Balaban J connectivity index is 2.03. The van der Waals surface area contributed by atoms with Gasteiger partial charge < -0.3 is 5.11 Å². The van der Waals surface area contributed by atoms with Gasteiger partial charge in [-0.2, -0.15) is 5.10 Å². The molecule has 100 valence electrons. The first-order valence-corrected chi connectivity index (χ1v) is 6.87. The van der Waals surface area contributed by atoms with Crippen molar-refractivity contribution in [3.8, 4) is 5.75 Å². The predicted molar refractivity (Wildman–Crippen MR) is 81.9 cm³/mol. The topological polar surface area (TPSA) is 54.6 Å². The number of nitrogens with zero attached hydrogens (tertiary/aromatic N) is 2. The molecule has 1 heterocycles. The lowest BCUT2D eigenvalue weighted by molar-refractivity contribution is 0.475. The Kier molecular flexibility index (Phi) is 3.12. The van der Waals surface area contributed by atoms with Crippen LogP contribution in [0, 0.1) is 6.92 Å². The molecule has 5 heteroatoms. The second-order valence-electron chi connectivity index (χ2n) is 4.51. The summed E-state index contributed by atoms with van der Waals surface area (Å²) in [6.45, 7) is 1.96. The molecule has 2 aromatic carbocycles. The molecule has 1 N–H and O–H groups in total. The van der Waals surface area contributed by atoms with Crippen LogP contribution in [0.1, 0.15) is 11.1 Å². The first-order chi connectivity index (χ1) is 9.63. The lowest BCUT2D eigenvalue weighted by atomic mass is 10.2. The van der Waals surface area contributed by atoms with E-state index in [0.29, 0.717) is 5.39 Å². The van der Waals surface area contributed by atoms with Gasteiger partial charge in [-0.3, -0.25) is 4.79 Å². The molecule has 0 spiro atoms. The Morgan fingerprint density at radius 1 is 1.25 bits per heavy atom. The summed E-state index contributed by atoms with van der Waals surface area (Å²) in [6, 6.07) is 12.5. The quantitative estimate of drug-likeness (QED) is 0.736. The van der Waals surface area contributed by atoms with Crippen LogP contribution in [-0.2, 0) is 0 Å². The van der Waals surface area contributed by atoms with E-state index in [1.165, 1.54) is 15.6 Å². The Bertz CT molecular complexity index is 862. The largest absolute Gasteiger partial charge is 0.508 e. The first-order valence-electron chi connectivity index (χ1n) is 6.09. The Labute approximate surface area is 119 Å². The first kappa shape index (κ1) is 12.6. The minimum Gasteiger partial charge on any atom is -0.508 e. The van der Waals surface area contributed by atoms with Crippen LogP contribution in [0.2, 0.25) is 0 Å². The summed E-state index contributed by atoms with van der Waals surface area (Å²) in [6.07, 6.45) is 1.56. The van der Waals surface area contributed by atoms with Crippen molar-refractivity contribution in [3.63, 3.8) is 0 Å². The highest BCUT2D eigenvalue weighted by molar-refractivity contribution is 7.13. The molecule has 0 aliphatic heterocycles. The zero-order valence-corrected chi connectivity index (χ0v) is 11.6. The van der Waals surface area contributed by atoms with Crippen molar-refractivity contribution in [1.29, 1.82) is 0 Å². The number of aromatic nitrogens is 1. The fourth-order valence-corrected chi connectivity index (χ4v) is 2.76. The summed E-state index contributed by atoms with van der Waals surface area (Å²) in [5, 5.41) is 14.2. The molecule has 20 heavy (non-hydrogen) atoms. The third-order valence-corrected chi connectivity index (χ3v) is 3.89. The summed E-state index contributed by atoms with van der Waals surface area (Å²) >= 11 is 1.30. The fourth-order valence-electron chi connectivity index (χ4n) is 1.93. The molecular formula is C15H12N2O2S. The fraction of sp³-hybridized carbons (Fsp3) is 0.0667. The van der Waals surface area contributed by atoms with E-state index in [-0.39, 0.29) is 11.3 Å². The highest BCUT2D eigenvalue weighted by Crippen LogP contribution is 2.18. The van der Waals surface area contributed by atoms with Gasteiger partial charge in [-0.15, -0.1) is 4.07 Å². The smallest absolute Gasteiger partial charge is 0.289 e. The predicted octanol–water partition coefficient (Wildman–Crippen LogP) is 2.96. The summed E-state index contributed by atoms with van der Waals surface area (Å²) in [4.78, 5) is 12.2. The van der Waals surface area contributed by atoms with Gasteiger partial charge in [0.2, 0.25) is 0 Å². The number of phenols is 1. The van der Waals surface area contributed by atoms with Gasteiger partial charge in [0.25, 0.3) is 5.56 Å². The molecule has 4 nitrogen and oxygen atoms in total. The molecule has 0 amide bonds. The van der Waals surface area contributed by atoms with Crippen LogP contribution in [0.15, 0.2) is 52.4 Å². The van der Waals surface area contributed by atoms with E-state index in [4.69, 9.17) is 0 Å². The maximum atomic E-state index is 12.2. The molecule has 0 fully saturated rings. The molecule has 0 unspecified atom stereocenters. The molecule has 0 saturated heterocycles. The monoisotopic (exact) mass is 284 g/mol. The molecule has 0 bridgehead atoms. The van der Waals surface area contributed by atoms with Gasteiger partial charge in [0, 0.05) is 0 Å². The van der Waals surface area contributed by atoms with Crippen LogP contribution in [0.3, 0.4) is 0 Å². The summed E-state index contributed by atoms with van der Waals surface area (Å²) in [7, 11) is 0. The standard InChI is InChI=1S/C15H12N2O2S/c1-10-5-6-14-13(7-10)15(19)17(20-14)16-9-11-3-2-4-12(18)8-11/h2-9,18H,1H3/b16-9+. The Hall–Kier alpha value is -2.40. The maximum absolute atomic E-state index is 12.2. The van der Waals surface area contributed by atoms with Crippen molar-refractivity contribution < 1.29 is 5.11 Å². The molecule has 0 radical (unpaired) electrons. The minimum absolute atomic E-state index is 0.120. The Morgan fingerprint density at radius 3 is 2.90 bits per heavy atom. The second-order valence-corrected chi connectivity index (χ2v) is 5.48. The van der Waals surface area contributed by atoms with E-state index in [2.05, 4.69) is 5.10 Å². The zero-order chi connectivity index (χ0) is 14.1. The van der Waals surface area contributed by atoms with Crippen molar-refractivity contribution in [1.82, 2.24) is 4.07 Å². The average molecular weight is 284 g/mol. The van der Waals surface area contributed by atoms with E-state index in [1.54, 1.807) is 24.4 Å². The van der Waals surface area contributed by atoms with Crippen LogP contribution in [0.25, 0.3) is 10.1 Å². The Morgan fingerprint density at radius 2 is 2.10 bits per heavy atom. The number of rotatable bonds is 2. The van der Waals surface area contributed by atoms with E-state index < -0.39 is 0 Å². The van der Waals surface area contributed by atoms with E-state index in [9.17, 15) is 9.90 Å². The third kappa shape index (κ3) is 2.35. The van der Waals surface area contributed by atoms with Gasteiger partial charge in [-0.25, -0.2) is 0 Å². The number of aromatic hydroxyl groups is 1. The molecule has 0 atom stereocenters. The molecular weight excluding hydrogens is 272 g/mol.